The minimum Gasteiger partial charge on any atom is -0.467 e. The fraction of sp³-hybridized carbons (Fsp3) is 0.500. The second-order valence-electron chi connectivity index (χ2n) is 7.37. The summed E-state index contributed by atoms with van der Waals surface area (Å²) in [6, 6.07) is 6.16. The quantitative estimate of drug-likeness (QED) is 0.667. The van der Waals surface area contributed by atoms with Crippen molar-refractivity contribution in [1.82, 2.24) is 14.4 Å². The van der Waals surface area contributed by atoms with E-state index in [1.165, 1.54) is 16.6 Å². The number of hydrogen-bond donors (Lipinski definition) is 0. The first-order valence-corrected chi connectivity index (χ1v) is 9.88. The minimum atomic E-state index is -0.740. The summed E-state index contributed by atoms with van der Waals surface area (Å²) in [5.74, 6) is -1.06. The molecular formula is C20H23N3O7. The predicted octanol–water partition coefficient (Wildman–Crippen LogP) is 0.969. The van der Waals surface area contributed by atoms with Crippen LogP contribution in [0.15, 0.2) is 33.5 Å². The molecule has 0 N–H and O–H groups in total. The van der Waals surface area contributed by atoms with Crippen molar-refractivity contribution in [3.05, 3.63) is 34.8 Å². The molecule has 2 amide bonds. The Hall–Kier alpha value is -3.30. The summed E-state index contributed by atoms with van der Waals surface area (Å²) in [5.41, 5.74) is 1.16. The standard InChI is InChI=1S/C20H23N3O7/c1-28-18(25)15-12-29-20(27)23(15)13-6-9-21(10-7-13)17(24)8-11-22-14-4-2-3-5-16(14)30-19(22)26/h2-5,13,15H,6-12H2,1H3. The number of piperidine rings is 1. The number of para-hydroxylation sites is 2. The van der Waals surface area contributed by atoms with E-state index in [-0.39, 0.29) is 31.5 Å². The Morgan fingerprint density at radius 3 is 2.63 bits per heavy atom. The highest BCUT2D eigenvalue weighted by molar-refractivity contribution is 5.84. The molecule has 4 rings (SSSR count). The van der Waals surface area contributed by atoms with Crippen LogP contribution in [0.5, 0.6) is 0 Å². The van der Waals surface area contributed by atoms with Crippen LogP contribution in [0.3, 0.4) is 0 Å². The van der Waals surface area contributed by atoms with Gasteiger partial charge in [0.1, 0.15) is 6.61 Å². The van der Waals surface area contributed by atoms with E-state index in [0.717, 1.165) is 0 Å². The molecule has 1 unspecified atom stereocenters. The molecule has 1 aromatic carbocycles. The number of hydrogen-bond acceptors (Lipinski definition) is 7. The number of esters is 1. The zero-order chi connectivity index (χ0) is 21.3. The highest BCUT2D eigenvalue weighted by atomic mass is 16.6. The molecule has 1 aromatic heterocycles. The summed E-state index contributed by atoms with van der Waals surface area (Å²) < 4.78 is 16.4. The molecule has 10 heteroatoms. The summed E-state index contributed by atoms with van der Waals surface area (Å²) >= 11 is 0. The summed E-state index contributed by atoms with van der Waals surface area (Å²) in [6.07, 6.45) is 0.734. The number of methoxy groups -OCH3 is 1. The van der Waals surface area contributed by atoms with E-state index in [9.17, 15) is 19.2 Å². The fourth-order valence-corrected chi connectivity index (χ4v) is 4.14. The van der Waals surface area contributed by atoms with E-state index in [2.05, 4.69) is 0 Å². The Balaban J connectivity index is 1.34. The number of aromatic nitrogens is 1. The SMILES string of the molecule is COC(=O)C1COC(=O)N1C1CCN(C(=O)CCn2c(=O)oc3ccccc32)CC1. The molecule has 1 atom stereocenters. The Morgan fingerprint density at radius 1 is 1.17 bits per heavy atom. The van der Waals surface area contributed by atoms with Crippen LogP contribution in [0.1, 0.15) is 19.3 Å². The molecular weight excluding hydrogens is 394 g/mol. The minimum absolute atomic E-state index is 0.0158. The van der Waals surface area contributed by atoms with Crippen LogP contribution in [0.4, 0.5) is 4.79 Å². The van der Waals surface area contributed by atoms with Crippen LogP contribution in [0.25, 0.3) is 11.1 Å². The largest absolute Gasteiger partial charge is 0.467 e. The molecule has 0 saturated carbocycles. The third-order valence-electron chi connectivity index (χ3n) is 5.72. The number of nitrogens with zero attached hydrogens (tertiary/aromatic N) is 3. The maximum Gasteiger partial charge on any atom is 0.419 e. The number of carbonyl (C=O) groups excluding carboxylic acids is 3. The van der Waals surface area contributed by atoms with Gasteiger partial charge in [-0.2, -0.15) is 0 Å². The highest BCUT2D eigenvalue weighted by Gasteiger charge is 2.44. The summed E-state index contributed by atoms with van der Waals surface area (Å²) in [7, 11) is 1.28. The monoisotopic (exact) mass is 417 g/mol. The first kappa shape index (κ1) is 20.0. The third-order valence-corrected chi connectivity index (χ3v) is 5.72. The van der Waals surface area contributed by atoms with Crippen LogP contribution in [0.2, 0.25) is 0 Å². The lowest BCUT2D eigenvalue weighted by atomic mass is 10.0. The summed E-state index contributed by atoms with van der Waals surface area (Å²) in [4.78, 5) is 51.8. The second kappa shape index (κ2) is 8.21. The van der Waals surface area contributed by atoms with Gasteiger partial charge in [0, 0.05) is 32.1 Å². The van der Waals surface area contributed by atoms with Gasteiger partial charge in [-0.25, -0.2) is 14.4 Å². The topological polar surface area (TPSA) is 111 Å². The van der Waals surface area contributed by atoms with E-state index in [1.807, 2.05) is 6.07 Å². The van der Waals surface area contributed by atoms with Gasteiger partial charge in [-0.1, -0.05) is 12.1 Å². The highest BCUT2D eigenvalue weighted by Crippen LogP contribution is 2.25. The van der Waals surface area contributed by atoms with E-state index in [1.54, 1.807) is 23.1 Å². The molecule has 2 aromatic rings. The van der Waals surface area contributed by atoms with Gasteiger partial charge in [0.05, 0.1) is 12.6 Å². The number of cyclic esters (lactones) is 1. The van der Waals surface area contributed by atoms with Crippen molar-refractivity contribution in [2.75, 3.05) is 26.8 Å². The smallest absolute Gasteiger partial charge is 0.419 e. The lowest BCUT2D eigenvalue weighted by Crippen LogP contribution is -2.52. The van der Waals surface area contributed by atoms with Crippen molar-refractivity contribution in [2.24, 2.45) is 0 Å². The van der Waals surface area contributed by atoms with Crippen LogP contribution < -0.4 is 5.76 Å². The Morgan fingerprint density at radius 2 is 1.90 bits per heavy atom. The second-order valence-corrected chi connectivity index (χ2v) is 7.37. The third kappa shape index (κ3) is 3.64. The maximum atomic E-state index is 12.7. The van der Waals surface area contributed by atoms with Crippen LogP contribution in [0, 0.1) is 0 Å². The lowest BCUT2D eigenvalue weighted by Gasteiger charge is -2.37. The van der Waals surface area contributed by atoms with Gasteiger partial charge in [0.25, 0.3) is 0 Å². The maximum absolute atomic E-state index is 12.7. The molecule has 2 aliphatic heterocycles. The molecule has 2 aliphatic rings. The zero-order valence-corrected chi connectivity index (χ0v) is 16.6. The lowest BCUT2D eigenvalue weighted by molar-refractivity contribution is -0.146. The van der Waals surface area contributed by atoms with Crippen molar-refractivity contribution in [3.8, 4) is 0 Å². The molecule has 2 saturated heterocycles. The van der Waals surface area contributed by atoms with Crippen molar-refractivity contribution in [2.45, 2.75) is 37.9 Å². The molecule has 0 aliphatic carbocycles. The molecule has 0 bridgehead atoms. The number of aryl methyl sites for hydroxylation is 1. The van der Waals surface area contributed by atoms with Crippen molar-refractivity contribution < 1.29 is 28.3 Å². The van der Waals surface area contributed by atoms with Crippen molar-refractivity contribution >= 4 is 29.1 Å². The Labute approximate surface area is 171 Å². The number of amides is 2. The molecule has 0 radical (unpaired) electrons. The number of benzene rings is 1. The van der Waals surface area contributed by atoms with Crippen LogP contribution in [-0.2, 0) is 25.6 Å². The number of oxazole rings is 1. The normalized spacial score (nSPS) is 19.9. The summed E-state index contributed by atoms with van der Waals surface area (Å²) in [5, 5.41) is 0. The number of ether oxygens (including phenoxy) is 2. The Bertz CT molecular complexity index is 1020. The van der Waals surface area contributed by atoms with Gasteiger partial charge in [0.2, 0.25) is 5.91 Å². The van der Waals surface area contributed by atoms with Crippen molar-refractivity contribution in [3.63, 3.8) is 0 Å². The van der Waals surface area contributed by atoms with Crippen LogP contribution >= 0.6 is 0 Å². The molecule has 160 valence electrons. The van der Waals surface area contributed by atoms with Crippen molar-refractivity contribution in [1.29, 1.82) is 0 Å². The van der Waals surface area contributed by atoms with Gasteiger partial charge < -0.3 is 18.8 Å². The van der Waals surface area contributed by atoms with Gasteiger partial charge in [0.15, 0.2) is 11.6 Å². The number of likely N-dealkylation sites (tertiary alicyclic amines) is 1. The van der Waals surface area contributed by atoms with Gasteiger partial charge in [-0.05, 0) is 25.0 Å². The molecule has 10 nitrogen and oxygen atoms in total. The van der Waals surface area contributed by atoms with E-state index in [0.29, 0.717) is 37.0 Å². The van der Waals surface area contributed by atoms with Gasteiger partial charge in [-0.15, -0.1) is 0 Å². The molecule has 2 fully saturated rings. The Kier molecular flexibility index (Phi) is 5.47. The number of carbonyl (C=O) groups is 3. The first-order chi connectivity index (χ1) is 14.5. The number of fused-ring (bicyclic) bond motifs is 1. The zero-order valence-electron chi connectivity index (χ0n) is 16.6. The molecule has 0 spiro atoms. The summed E-state index contributed by atoms with van der Waals surface area (Å²) in [6.45, 7) is 1.14. The van der Waals surface area contributed by atoms with E-state index >= 15 is 0 Å². The molecule has 3 heterocycles. The van der Waals surface area contributed by atoms with Gasteiger partial charge in [-0.3, -0.25) is 14.3 Å². The average Bonchev–Trinajstić information content (AvgIpc) is 3.30. The predicted molar refractivity (Wildman–Crippen MR) is 104 cm³/mol. The van der Waals surface area contributed by atoms with Crippen LogP contribution in [-0.4, -0.2) is 71.2 Å². The van der Waals surface area contributed by atoms with E-state index in [4.69, 9.17) is 13.9 Å². The van der Waals surface area contributed by atoms with E-state index < -0.39 is 23.9 Å². The average molecular weight is 417 g/mol. The fourth-order valence-electron chi connectivity index (χ4n) is 4.14. The van der Waals surface area contributed by atoms with Gasteiger partial charge >= 0.3 is 17.8 Å². The first-order valence-electron chi connectivity index (χ1n) is 9.88. The number of rotatable bonds is 5. The molecule has 30 heavy (non-hydrogen) atoms.